The number of hydrogen-bond donors (Lipinski definition) is 1. The van der Waals surface area contributed by atoms with Crippen molar-refractivity contribution >= 4 is 12.0 Å². The zero-order valence-corrected chi connectivity index (χ0v) is 9.91. The fraction of sp³-hybridized carbons (Fsp3) is 0.250. The van der Waals surface area contributed by atoms with Crippen LogP contribution in [0.25, 0.3) is 16.5 Å². The number of nitrogens with zero attached hydrogens (tertiary/aromatic N) is 3. The summed E-state index contributed by atoms with van der Waals surface area (Å²) in [4.78, 5) is 13.3. The van der Waals surface area contributed by atoms with Gasteiger partial charge in [0.15, 0.2) is 0 Å². The molecule has 0 saturated heterocycles. The summed E-state index contributed by atoms with van der Waals surface area (Å²) >= 11 is 0. The number of ether oxygens (including phenoxy) is 1. The van der Waals surface area contributed by atoms with Crippen molar-refractivity contribution in [3.05, 3.63) is 45.8 Å². The van der Waals surface area contributed by atoms with Gasteiger partial charge in [0.2, 0.25) is 0 Å². The van der Waals surface area contributed by atoms with E-state index in [1.807, 2.05) is 0 Å². The van der Waals surface area contributed by atoms with Gasteiger partial charge in [0.1, 0.15) is 5.75 Å². The van der Waals surface area contributed by atoms with Crippen molar-refractivity contribution < 1.29 is 14.6 Å². The van der Waals surface area contributed by atoms with E-state index >= 15 is 0 Å². The van der Waals surface area contributed by atoms with Crippen molar-refractivity contribution in [3.8, 4) is 5.75 Å². The van der Waals surface area contributed by atoms with Crippen LogP contribution in [-0.2, 0) is 11.2 Å². The number of carboxylic acids is 1. The molecule has 6 nitrogen and oxygen atoms in total. The molecule has 6 heteroatoms. The van der Waals surface area contributed by atoms with Gasteiger partial charge in [-0.25, -0.2) is 0 Å². The van der Waals surface area contributed by atoms with Crippen LogP contribution in [0.2, 0.25) is 0 Å². The number of hydrogen-bond acceptors (Lipinski definition) is 3. The van der Waals surface area contributed by atoms with Crippen molar-refractivity contribution in [2.75, 3.05) is 13.7 Å². The van der Waals surface area contributed by atoms with Crippen molar-refractivity contribution in [2.45, 2.75) is 6.42 Å². The predicted octanol–water partition coefficient (Wildman–Crippen LogP) is 2.65. The molecule has 0 unspecified atom stereocenters. The number of carbonyl (C=O) groups is 1. The lowest BCUT2D eigenvalue weighted by atomic mass is 10.1. The summed E-state index contributed by atoms with van der Waals surface area (Å²) in [6.45, 7) is 0.261. The van der Waals surface area contributed by atoms with E-state index in [2.05, 4.69) is 10.0 Å². The zero-order chi connectivity index (χ0) is 13.4. The number of carboxylic acid groups (broad SMARTS) is 1. The van der Waals surface area contributed by atoms with Crippen molar-refractivity contribution in [1.29, 1.82) is 0 Å². The maximum absolute atomic E-state index is 10.7. The highest BCUT2D eigenvalue weighted by molar-refractivity contribution is 5.72. The van der Waals surface area contributed by atoms with Crippen molar-refractivity contribution in [3.63, 3.8) is 0 Å². The molecule has 1 N–H and O–H groups in total. The van der Waals surface area contributed by atoms with Gasteiger partial charge in [-0.1, -0.05) is 23.3 Å². The Labute approximate surface area is 104 Å². The van der Waals surface area contributed by atoms with Gasteiger partial charge in [0, 0.05) is 17.0 Å². The first kappa shape index (κ1) is 13.6. The Hall–Kier alpha value is -2.46. The highest BCUT2D eigenvalue weighted by Gasteiger charge is 2.07. The normalized spacial score (nSPS) is 10.1. The molecule has 0 aliphatic carbocycles. The fourth-order valence-electron chi connectivity index (χ4n) is 1.48. The Morgan fingerprint density at radius 3 is 3.00 bits per heavy atom. The molecule has 1 aromatic carbocycles. The summed E-state index contributed by atoms with van der Waals surface area (Å²) in [5, 5.41) is 12.2. The molecule has 0 aliphatic heterocycles. The van der Waals surface area contributed by atoms with Crippen LogP contribution in [0.3, 0.4) is 0 Å². The Morgan fingerprint density at radius 2 is 2.39 bits per heavy atom. The predicted molar refractivity (Wildman–Crippen MR) is 67.4 cm³/mol. The average Bonchev–Trinajstić information content (AvgIpc) is 2.34. The minimum atomic E-state index is -0.913. The Morgan fingerprint density at radius 1 is 1.61 bits per heavy atom. The quantitative estimate of drug-likeness (QED) is 0.475. The van der Waals surface area contributed by atoms with Crippen LogP contribution in [0.1, 0.15) is 11.1 Å². The largest absolute Gasteiger partial charge is 0.496 e. The Bertz CT molecular complexity index is 505. The van der Waals surface area contributed by atoms with Crippen LogP contribution in [0.4, 0.5) is 0 Å². The molecular formula is C12H13N3O3. The molecular weight excluding hydrogens is 234 g/mol. The molecule has 0 aliphatic rings. The summed E-state index contributed by atoms with van der Waals surface area (Å²) in [7, 11) is 1.50. The third-order valence-electron chi connectivity index (χ3n) is 2.21. The number of aliphatic carboxylic acids is 1. The molecule has 0 heterocycles. The minimum absolute atomic E-state index is 0.0960. The molecule has 0 atom stereocenters. The van der Waals surface area contributed by atoms with Gasteiger partial charge < -0.3 is 9.84 Å². The van der Waals surface area contributed by atoms with Crippen LogP contribution < -0.4 is 4.74 Å². The van der Waals surface area contributed by atoms with Crippen LogP contribution in [0, 0.1) is 0 Å². The van der Waals surface area contributed by atoms with Gasteiger partial charge in [-0.2, -0.15) is 0 Å². The van der Waals surface area contributed by atoms with Gasteiger partial charge >= 0.3 is 5.97 Å². The summed E-state index contributed by atoms with van der Waals surface area (Å²) < 4.78 is 5.09. The fourth-order valence-corrected chi connectivity index (χ4v) is 1.48. The molecule has 18 heavy (non-hydrogen) atoms. The van der Waals surface area contributed by atoms with Crippen LogP contribution in [0.5, 0.6) is 5.75 Å². The summed E-state index contributed by atoms with van der Waals surface area (Å²) in [5.41, 5.74) is 9.56. The number of azide groups is 1. The van der Waals surface area contributed by atoms with Gasteiger partial charge in [-0.05, 0) is 23.2 Å². The Kier molecular flexibility index (Phi) is 5.28. The highest BCUT2D eigenvalue weighted by atomic mass is 16.5. The second kappa shape index (κ2) is 6.98. The summed E-state index contributed by atoms with van der Waals surface area (Å²) in [6.07, 6.45) is 3.37. The average molecular weight is 247 g/mol. The third-order valence-corrected chi connectivity index (χ3v) is 2.21. The summed E-state index contributed by atoms with van der Waals surface area (Å²) in [6, 6.07) is 5.25. The van der Waals surface area contributed by atoms with E-state index in [1.165, 1.54) is 7.11 Å². The number of benzene rings is 1. The lowest BCUT2D eigenvalue weighted by Crippen LogP contribution is -2.02. The Balaban J connectivity index is 2.91. The molecule has 94 valence electrons. The molecule has 1 rings (SSSR count). The van der Waals surface area contributed by atoms with Crippen LogP contribution in [0.15, 0.2) is 29.4 Å². The highest BCUT2D eigenvalue weighted by Crippen LogP contribution is 2.21. The molecule has 1 aromatic rings. The van der Waals surface area contributed by atoms with Crippen molar-refractivity contribution in [2.24, 2.45) is 5.11 Å². The number of methoxy groups -OCH3 is 1. The van der Waals surface area contributed by atoms with Crippen molar-refractivity contribution in [1.82, 2.24) is 0 Å². The lowest BCUT2D eigenvalue weighted by Gasteiger charge is -2.07. The van der Waals surface area contributed by atoms with Gasteiger partial charge in [0.25, 0.3) is 0 Å². The monoisotopic (exact) mass is 247 g/mol. The molecule has 0 bridgehead atoms. The van der Waals surface area contributed by atoms with Gasteiger partial charge in [-0.3, -0.25) is 4.79 Å². The third kappa shape index (κ3) is 4.19. The molecule has 0 amide bonds. The molecule has 0 fully saturated rings. The lowest BCUT2D eigenvalue weighted by molar-refractivity contribution is -0.136. The van der Waals surface area contributed by atoms with E-state index in [0.717, 1.165) is 5.56 Å². The second-order valence-electron chi connectivity index (χ2n) is 3.46. The molecule has 0 spiro atoms. The van der Waals surface area contributed by atoms with E-state index in [1.54, 1.807) is 30.4 Å². The van der Waals surface area contributed by atoms with Gasteiger partial charge in [0.05, 0.1) is 13.5 Å². The standard InChI is InChI=1S/C12H13N3O3/c1-18-11-5-4-9(3-2-6-14-15-13)7-10(11)8-12(16)17/h2-5,7H,6,8H2,1H3,(H,16,17). The maximum Gasteiger partial charge on any atom is 0.307 e. The molecule has 0 aromatic heterocycles. The van der Waals surface area contributed by atoms with E-state index in [0.29, 0.717) is 11.3 Å². The maximum atomic E-state index is 10.7. The van der Waals surface area contributed by atoms with Crippen LogP contribution >= 0.6 is 0 Å². The SMILES string of the molecule is COc1ccc(C=CCN=[N+]=[N-])cc1CC(=O)O. The first-order valence-electron chi connectivity index (χ1n) is 5.23. The zero-order valence-electron chi connectivity index (χ0n) is 9.91. The topological polar surface area (TPSA) is 95.3 Å². The second-order valence-corrected chi connectivity index (χ2v) is 3.46. The van der Waals surface area contributed by atoms with E-state index in [4.69, 9.17) is 15.4 Å². The number of rotatable bonds is 6. The minimum Gasteiger partial charge on any atom is -0.496 e. The first-order valence-corrected chi connectivity index (χ1v) is 5.23. The molecule has 0 saturated carbocycles. The van der Waals surface area contributed by atoms with Crippen LogP contribution in [-0.4, -0.2) is 24.7 Å². The van der Waals surface area contributed by atoms with Gasteiger partial charge in [-0.15, -0.1) is 0 Å². The van der Waals surface area contributed by atoms with E-state index in [-0.39, 0.29) is 13.0 Å². The first-order chi connectivity index (χ1) is 8.67. The van der Waals surface area contributed by atoms with E-state index < -0.39 is 5.97 Å². The summed E-state index contributed by atoms with van der Waals surface area (Å²) in [5.74, 6) is -0.367. The smallest absolute Gasteiger partial charge is 0.307 e. The molecule has 0 radical (unpaired) electrons. The van der Waals surface area contributed by atoms with E-state index in [9.17, 15) is 4.79 Å².